The largest absolute Gasteiger partial charge is 0.313 e. The Morgan fingerprint density at radius 2 is 2.15 bits per heavy atom. The fraction of sp³-hybridized carbons (Fsp3) is 0.667. The van der Waals surface area contributed by atoms with Gasteiger partial charge in [-0.05, 0) is 64.1 Å². The minimum Gasteiger partial charge on any atom is -0.313 e. The predicted octanol–water partition coefficient (Wildman–Crippen LogP) is 3.44. The maximum absolute atomic E-state index is 3.66. The molecule has 1 aromatic carbocycles. The molecule has 1 fully saturated rings. The first kappa shape index (κ1) is 14.1. The Hall–Kier alpha value is -0.860. The molecule has 0 amide bonds. The Kier molecular flexibility index (Phi) is 4.13. The molecule has 2 atom stereocenters. The third kappa shape index (κ3) is 2.77. The third-order valence-corrected chi connectivity index (χ3v) is 5.00. The molecule has 0 aromatic heterocycles. The number of hydrogen-bond acceptors (Lipinski definition) is 2. The summed E-state index contributed by atoms with van der Waals surface area (Å²) >= 11 is 0. The molecule has 0 spiro atoms. The van der Waals surface area contributed by atoms with Gasteiger partial charge in [0, 0.05) is 24.7 Å². The fourth-order valence-electron chi connectivity index (χ4n) is 3.91. The molecule has 2 aliphatic rings. The number of rotatable bonds is 4. The highest BCUT2D eigenvalue weighted by Gasteiger charge is 2.31. The number of nitrogens with zero attached hydrogens (tertiary/aromatic N) is 1. The van der Waals surface area contributed by atoms with Crippen LogP contribution in [-0.2, 0) is 6.42 Å². The summed E-state index contributed by atoms with van der Waals surface area (Å²) in [5.41, 5.74) is 4.57. The van der Waals surface area contributed by atoms with Gasteiger partial charge in [-0.15, -0.1) is 0 Å². The minimum absolute atomic E-state index is 0.619. The minimum atomic E-state index is 0.619. The maximum Gasteiger partial charge on any atom is 0.0357 e. The Labute approximate surface area is 123 Å². The molecule has 2 heteroatoms. The van der Waals surface area contributed by atoms with Crippen LogP contribution in [-0.4, -0.2) is 30.1 Å². The SMILES string of the molecule is Cc1ccc2c(c1)C(N(CC1CCCN1)C(C)C)CC2. The van der Waals surface area contributed by atoms with Crippen LogP contribution in [0, 0.1) is 6.92 Å². The number of nitrogens with one attached hydrogen (secondary N) is 1. The van der Waals surface area contributed by atoms with E-state index in [9.17, 15) is 0 Å². The zero-order chi connectivity index (χ0) is 14.1. The van der Waals surface area contributed by atoms with E-state index in [-0.39, 0.29) is 0 Å². The number of fused-ring (bicyclic) bond motifs is 1. The van der Waals surface area contributed by atoms with Crippen molar-refractivity contribution in [2.24, 2.45) is 0 Å². The summed E-state index contributed by atoms with van der Waals surface area (Å²) in [5.74, 6) is 0. The van der Waals surface area contributed by atoms with Crippen LogP contribution in [0.25, 0.3) is 0 Å². The first-order valence-corrected chi connectivity index (χ1v) is 8.23. The Bertz CT molecular complexity index is 460. The molecule has 0 saturated carbocycles. The van der Waals surface area contributed by atoms with Gasteiger partial charge in [-0.2, -0.15) is 0 Å². The van der Waals surface area contributed by atoms with Crippen LogP contribution in [0.4, 0.5) is 0 Å². The van der Waals surface area contributed by atoms with E-state index in [2.05, 4.69) is 49.2 Å². The van der Waals surface area contributed by atoms with E-state index in [1.807, 2.05) is 0 Å². The third-order valence-electron chi connectivity index (χ3n) is 5.00. The number of hydrogen-bond donors (Lipinski definition) is 1. The van der Waals surface area contributed by atoms with Crippen molar-refractivity contribution in [2.45, 2.75) is 64.6 Å². The molecular formula is C18H28N2. The number of benzene rings is 1. The summed E-state index contributed by atoms with van der Waals surface area (Å²) in [6.45, 7) is 9.33. The van der Waals surface area contributed by atoms with Gasteiger partial charge in [0.1, 0.15) is 0 Å². The molecule has 1 heterocycles. The van der Waals surface area contributed by atoms with Crippen molar-refractivity contribution in [1.82, 2.24) is 10.2 Å². The van der Waals surface area contributed by atoms with E-state index in [0.29, 0.717) is 18.1 Å². The Morgan fingerprint density at radius 3 is 2.85 bits per heavy atom. The zero-order valence-corrected chi connectivity index (χ0v) is 13.2. The van der Waals surface area contributed by atoms with Crippen molar-refractivity contribution < 1.29 is 0 Å². The molecule has 20 heavy (non-hydrogen) atoms. The Balaban J connectivity index is 1.80. The van der Waals surface area contributed by atoms with Crippen molar-refractivity contribution in [3.63, 3.8) is 0 Å². The van der Waals surface area contributed by atoms with Gasteiger partial charge in [0.25, 0.3) is 0 Å². The average molecular weight is 272 g/mol. The van der Waals surface area contributed by atoms with E-state index in [1.165, 1.54) is 44.3 Å². The van der Waals surface area contributed by atoms with Gasteiger partial charge in [-0.25, -0.2) is 0 Å². The molecule has 1 aromatic rings. The van der Waals surface area contributed by atoms with Crippen LogP contribution in [0.15, 0.2) is 18.2 Å². The molecule has 2 nitrogen and oxygen atoms in total. The first-order chi connectivity index (χ1) is 9.65. The van der Waals surface area contributed by atoms with Gasteiger partial charge >= 0.3 is 0 Å². The molecule has 3 rings (SSSR count). The molecule has 1 aliphatic heterocycles. The van der Waals surface area contributed by atoms with E-state index >= 15 is 0 Å². The smallest absolute Gasteiger partial charge is 0.0357 e. The molecule has 2 unspecified atom stereocenters. The lowest BCUT2D eigenvalue weighted by Gasteiger charge is -2.35. The highest BCUT2D eigenvalue weighted by Crippen LogP contribution is 2.37. The summed E-state index contributed by atoms with van der Waals surface area (Å²) in [7, 11) is 0. The summed E-state index contributed by atoms with van der Waals surface area (Å²) in [4.78, 5) is 2.73. The average Bonchev–Trinajstić information content (AvgIpc) is 3.04. The van der Waals surface area contributed by atoms with Crippen LogP contribution in [0.5, 0.6) is 0 Å². The van der Waals surface area contributed by atoms with Gasteiger partial charge in [0.15, 0.2) is 0 Å². The van der Waals surface area contributed by atoms with Gasteiger partial charge in [-0.1, -0.05) is 23.8 Å². The first-order valence-electron chi connectivity index (χ1n) is 8.23. The van der Waals surface area contributed by atoms with Crippen LogP contribution in [0.1, 0.15) is 55.8 Å². The lowest BCUT2D eigenvalue weighted by Crippen LogP contribution is -2.42. The fourth-order valence-corrected chi connectivity index (χ4v) is 3.91. The summed E-state index contributed by atoms with van der Waals surface area (Å²) in [6, 6.07) is 8.98. The van der Waals surface area contributed by atoms with Crippen molar-refractivity contribution in [3.8, 4) is 0 Å². The highest BCUT2D eigenvalue weighted by atomic mass is 15.2. The quantitative estimate of drug-likeness (QED) is 0.903. The molecule has 0 bridgehead atoms. The highest BCUT2D eigenvalue weighted by molar-refractivity contribution is 5.37. The Morgan fingerprint density at radius 1 is 1.30 bits per heavy atom. The second kappa shape index (κ2) is 5.87. The normalized spacial score (nSPS) is 25.6. The van der Waals surface area contributed by atoms with Gasteiger partial charge in [0.2, 0.25) is 0 Å². The topological polar surface area (TPSA) is 15.3 Å². The van der Waals surface area contributed by atoms with Crippen molar-refractivity contribution in [3.05, 3.63) is 34.9 Å². The molecule has 1 saturated heterocycles. The van der Waals surface area contributed by atoms with Crippen LogP contribution < -0.4 is 5.32 Å². The van der Waals surface area contributed by atoms with Gasteiger partial charge < -0.3 is 5.32 Å². The van der Waals surface area contributed by atoms with Gasteiger partial charge in [-0.3, -0.25) is 4.90 Å². The van der Waals surface area contributed by atoms with E-state index in [1.54, 1.807) is 11.1 Å². The van der Waals surface area contributed by atoms with E-state index in [4.69, 9.17) is 0 Å². The summed E-state index contributed by atoms with van der Waals surface area (Å²) < 4.78 is 0. The molecule has 1 N–H and O–H groups in total. The molecular weight excluding hydrogens is 244 g/mol. The van der Waals surface area contributed by atoms with E-state index < -0.39 is 0 Å². The molecule has 110 valence electrons. The van der Waals surface area contributed by atoms with Crippen LogP contribution in [0.2, 0.25) is 0 Å². The maximum atomic E-state index is 3.66. The van der Waals surface area contributed by atoms with Crippen molar-refractivity contribution >= 4 is 0 Å². The molecule has 0 radical (unpaired) electrons. The second-order valence-electron chi connectivity index (χ2n) is 6.84. The molecule has 1 aliphatic carbocycles. The van der Waals surface area contributed by atoms with Gasteiger partial charge in [0.05, 0.1) is 0 Å². The van der Waals surface area contributed by atoms with Crippen molar-refractivity contribution in [1.29, 1.82) is 0 Å². The van der Waals surface area contributed by atoms with Crippen LogP contribution >= 0.6 is 0 Å². The number of aryl methyl sites for hydroxylation is 2. The second-order valence-corrected chi connectivity index (χ2v) is 6.84. The lowest BCUT2D eigenvalue weighted by molar-refractivity contribution is 0.139. The monoisotopic (exact) mass is 272 g/mol. The van der Waals surface area contributed by atoms with Crippen molar-refractivity contribution in [2.75, 3.05) is 13.1 Å². The lowest BCUT2D eigenvalue weighted by atomic mass is 10.0. The van der Waals surface area contributed by atoms with E-state index in [0.717, 1.165) is 0 Å². The summed E-state index contributed by atoms with van der Waals surface area (Å²) in [5, 5.41) is 3.66. The zero-order valence-electron chi connectivity index (χ0n) is 13.2. The van der Waals surface area contributed by atoms with Crippen LogP contribution in [0.3, 0.4) is 0 Å². The standard InChI is InChI=1S/C18H28N2/c1-13(2)20(12-16-5-4-10-19-16)18-9-8-15-7-6-14(3)11-17(15)18/h6-7,11,13,16,18-19H,4-5,8-10,12H2,1-3H3. The predicted molar refractivity (Wildman–Crippen MR) is 85.1 cm³/mol. The summed E-state index contributed by atoms with van der Waals surface area (Å²) in [6.07, 6.45) is 5.23.